The van der Waals surface area contributed by atoms with E-state index in [4.69, 9.17) is 0 Å². The molecule has 0 radical (unpaired) electrons. The summed E-state index contributed by atoms with van der Waals surface area (Å²) in [7, 11) is 1.98. The zero-order valence-electron chi connectivity index (χ0n) is 13.4. The molecular weight excluding hydrogens is 250 g/mol. The molecule has 4 nitrogen and oxygen atoms in total. The zero-order valence-corrected chi connectivity index (χ0v) is 13.4. The van der Waals surface area contributed by atoms with Gasteiger partial charge in [0.2, 0.25) is 0 Å². The summed E-state index contributed by atoms with van der Waals surface area (Å²) in [5.74, 6) is 0. The molecule has 1 atom stereocenters. The van der Waals surface area contributed by atoms with Gasteiger partial charge < -0.3 is 10.4 Å². The number of aliphatic hydroxyl groups is 1. The monoisotopic (exact) mass is 279 g/mol. The molecule has 4 heteroatoms. The normalized spacial score (nSPS) is 20.6. The van der Waals surface area contributed by atoms with E-state index in [2.05, 4.69) is 31.2 Å². The third kappa shape index (κ3) is 3.41. The maximum atomic E-state index is 10.7. The highest BCUT2D eigenvalue weighted by Crippen LogP contribution is 2.28. The fraction of sp³-hybridized carbons (Fsp3) is 0.812. The third-order valence-electron chi connectivity index (χ3n) is 4.77. The van der Waals surface area contributed by atoms with Crippen LogP contribution in [0.3, 0.4) is 0 Å². The van der Waals surface area contributed by atoms with Crippen LogP contribution in [0.1, 0.15) is 68.4 Å². The molecule has 0 aliphatic heterocycles. The minimum absolute atomic E-state index is 0.232. The van der Waals surface area contributed by atoms with E-state index in [1.807, 2.05) is 11.7 Å². The van der Waals surface area contributed by atoms with Gasteiger partial charge in [0.1, 0.15) is 0 Å². The molecule has 0 bridgehead atoms. The van der Waals surface area contributed by atoms with Crippen molar-refractivity contribution in [1.82, 2.24) is 15.1 Å². The van der Waals surface area contributed by atoms with Gasteiger partial charge in [0.15, 0.2) is 0 Å². The smallest absolute Gasteiger partial charge is 0.0771 e. The van der Waals surface area contributed by atoms with Crippen molar-refractivity contribution in [2.75, 3.05) is 6.54 Å². The zero-order chi connectivity index (χ0) is 14.8. The van der Waals surface area contributed by atoms with Gasteiger partial charge in [-0.3, -0.25) is 4.68 Å². The molecule has 1 aliphatic carbocycles. The van der Waals surface area contributed by atoms with Crippen LogP contribution in [0.25, 0.3) is 0 Å². The molecule has 1 aromatic rings. The quantitative estimate of drug-likeness (QED) is 0.833. The molecule has 114 valence electrons. The van der Waals surface area contributed by atoms with Crippen molar-refractivity contribution >= 4 is 0 Å². The van der Waals surface area contributed by atoms with Crippen molar-refractivity contribution in [3.05, 3.63) is 17.0 Å². The SMILES string of the molecule is Cc1nn(C)c(C)c1C(C)NCC1(O)CCCCCC1. The van der Waals surface area contributed by atoms with Crippen molar-refractivity contribution in [1.29, 1.82) is 0 Å². The lowest BCUT2D eigenvalue weighted by Crippen LogP contribution is -2.41. The maximum absolute atomic E-state index is 10.7. The fourth-order valence-corrected chi connectivity index (χ4v) is 3.43. The van der Waals surface area contributed by atoms with Gasteiger partial charge in [0.05, 0.1) is 11.3 Å². The molecule has 0 aromatic carbocycles. The Labute approximate surface area is 122 Å². The number of rotatable bonds is 4. The predicted octanol–water partition coefficient (Wildman–Crippen LogP) is 2.77. The van der Waals surface area contributed by atoms with Crippen molar-refractivity contribution in [3.63, 3.8) is 0 Å². The molecule has 0 spiro atoms. The van der Waals surface area contributed by atoms with E-state index in [9.17, 15) is 5.11 Å². The summed E-state index contributed by atoms with van der Waals surface area (Å²) >= 11 is 0. The number of nitrogens with one attached hydrogen (secondary N) is 1. The number of aryl methyl sites for hydroxylation is 2. The van der Waals surface area contributed by atoms with Crippen LogP contribution in [0, 0.1) is 13.8 Å². The summed E-state index contributed by atoms with van der Waals surface area (Å²) in [6.07, 6.45) is 6.68. The molecule has 0 amide bonds. The first kappa shape index (κ1) is 15.5. The van der Waals surface area contributed by atoms with Crippen molar-refractivity contribution in [2.24, 2.45) is 7.05 Å². The largest absolute Gasteiger partial charge is 0.389 e. The lowest BCUT2D eigenvalue weighted by Gasteiger charge is -2.29. The summed E-state index contributed by atoms with van der Waals surface area (Å²) in [4.78, 5) is 0. The Hall–Kier alpha value is -0.870. The Morgan fingerprint density at radius 2 is 1.85 bits per heavy atom. The molecule has 1 aromatic heterocycles. The lowest BCUT2D eigenvalue weighted by atomic mass is 9.93. The summed E-state index contributed by atoms with van der Waals surface area (Å²) in [6, 6.07) is 0.232. The van der Waals surface area contributed by atoms with Crippen LogP contribution >= 0.6 is 0 Å². The van der Waals surface area contributed by atoms with Crippen LogP contribution in [0.2, 0.25) is 0 Å². The molecule has 1 unspecified atom stereocenters. The van der Waals surface area contributed by atoms with E-state index >= 15 is 0 Å². The van der Waals surface area contributed by atoms with Gasteiger partial charge in [0, 0.05) is 30.9 Å². The first-order chi connectivity index (χ1) is 9.43. The van der Waals surface area contributed by atoms with Crippen LogP contribution in [-0.2, 0) is 7.05 Å². The molecule has 1 saturated carbocycles. The van der Waals surface area contributed by atoms with E-state index in [-0.39, 0.29) is 6.04 Å². The highest BCUT2D eigenvalue weighted by Gasteiger charge is 2.28. The summed E-state index contributed by atoms with van der Waals surface area (Å²) < 4.78 is 1.93. The van der Waals surface area contributed by atoms with E-state index in [1.165, 1.54) is 24.1 Å². The maximum Gasteiger partial charge on any atom is 0.0771 e. The molecule has 0 saturated heterocycles. The van der Waals surface area contributed by atoms with E-state index in [1.54, 1.807) is 0 Å². The fourth-order valence-electron chi connectivity index (χ4n) is 3.43. The van der Waals surface area contributed by atoms with Gasteiger partial charge in [-0.25, -0.2) is 0 Å². The third-order valence-corrected chi connectivity index (χ3v) is 4.77. The van der Waals surface area contributed by atoms with Crippen molar-refractivity contribution in [3.8, 4) is 0 Å². The standard InChI is InChI=1S/C16H29N3O/c1-12(15-13(2)18-19(4)14(15)3)17-11-16(20)9-7-5-6-8-10-16/h12,17,20H,5-11H2,1-4H3. The number of aromatic nitrogens is 2. The van der Waals surface area contributed by atoms with Gasteiger partial charge in [-0.05, 0) is 33.6 Å². The van der Waals surface area contributed by atoms with Gasteiger partial charge in [0.25, 0.3) is 0 Å². The predicted molar refractivity (Wildman–Crippen MR) is 81.8 cm³/mol. The molecule has 1 fully saturated rings. The van der Waals surface area contributed by atoms with Gasteiger partial charge >= 0.3 is 0 Å². The van der Waals surface area contributed by atoms with E-state index < -0.39 is 5.60 Å². The number of hydrogen-bond acceptors (Lipinski definition) is 3. The Morgan fingerprint density at radius 3 is 2.35 bits per heavy atom. The molecule has 2 N–H and O–H groups in total. The Bertz CT molecular complexity index is 445. The Morgan fingerprint density at radius 1 is 1.25 bits per heavy atom. The molecule has 20 heavy (non-hydrogen) atoms. The van der Waals surface area contributed by atoms with Crippen LogP contribution < -0.4 is 5.32 Å². The average molecular weight is 279 g/mol. The number of hydrogen-bond donors (Lipinski definition) is 2. The molecular formula is C16H29N3O. The van der Waals surface area contributed by atoms with Crippen molar-refractivity contribution in [2.45, 2.75) is 70.9 Å². The number of nitrogens with zero attached hydrogens (tertiary/aromatic N) is 2. The second kappa shape index (κ2) is 6.27. The second-order valence-electron chi connectivity index (χ2n) is 6.45. The molecule has 2 rings (SSSR count). The Balaban J connectivity index is 1.99. The van der Waals surface area contributed by atoms with Crippen LogP contribution in [0.5, 0.6) is 0 Å². The first-order valence-electron chi connectivity index (χ1n) is 7.89. The highest BCUT2D eigenvalue weighted by atomic mass is 16.3. The summed E-state index contributed by atoms with van der Waals surface area (Å²) in [5.41, 5.74) is 3.03. The molecule has 1 aliphatic rings. The van der Waals surface area contributed by atoms with E-state index in [0.717, 1.165) is 31.4 Å². The highest BCUT2D eigenvalue weighted by molar-refractivity contribution is 5.27. The Kier molecular flexibility index (Phi) is 4.86. The topological polar surface area (TPSA) is 50.1 Å². The molecule has 1 heterocycles. The van der Waals surface area contributed by atoms with Gasteiger partial charge in [-0.1, -0.05) is 25.7 Å². The minimum Gasteiger partial charge on any atom is -0.389 e. The second-order valence-corrected chi connectivity index (χ2v) is 6.45. The summed E-state index contributed by atoms with van der Waals surface area (Å²) in [5, 5.41) is 18.7. The average Bonchev–Trinajstić information content (AvgIpc) is 2.57. The van der Waals surface area contributed by atoms with Gasteiger partial charge in [-0.2, -0.15) is 5.10 Å². The summed E-state index contributed by atoms with van der Waals surface area (Å²) in [6.45, 7) is 7.01. The first-order valence-corrected chi connectivity index (χ1v) is 7.89. The van der Waals surface area contributed by atoms with Crippen LogP contribution in [0.4, 0.5) is 0 Å². The van der Waals surface area contributed by atoms with E-state index in [0.29, 0.717) is 6.54 Å². The van der Waals surface area contributed by atoms with Crippen LogP contribution in [0.15, 0.2) is 0 Å². The minimum atomic E-state index is -0.519. The van der Waals surface area contributed by atoms with Crippen molar-refractivity contribution < 1.29 is 5.11 Å². The lowest BCUT2D eigenvalue weighted by molar-refractivity contribution is 0.0231. The van der Waals surface area contributed by atoms with Gasteiger partial charge in [-0.15, -0.1) is 0 Å². The van der Waals surface area contributed by atoms with Crippen LogP contribution in [-0.4, -0.2) is 27.0 Å².